The Hall–Kier alpha value is -4.71. The van der Waals surface area contributed by atoms with Crippen LogP contribution >= 0.6 is 0 Å². The van der Waals surface area contributed by atoms with Crippen molar-refractivity contribution >= 4 is 17.9 Å². The van der Waals surface area contributed by atoms with E-state index >= 15 is 0 Å². The number of carbonyl (C=O) groups is 3. The molecule has 0 atom stereocenters. The van der Waals surface area contributed by atoms with Crippen LogP contribution in [0.15, 0.2) is 91.0 Å². The summed E-state index contributed by atoms with van der Waals surface area (Å²) in [5.74, 6) is -1.28. The molecule has 6 nitrogen and oxygen atoms in total. The molecule has 0 aliphatic carbocycles. The van der Waals surface area contributed by atoms with Gasteiger partial charge in [0.1, 0.15) is 0 Å². The van der Waals surface area contributed by atoms with Crippen LogP contribution in [-0.2, 0) is 14.2 Å². The summed E-state index contributed by atoms with van der Waals surface area (Å²) in [5, 5.41) is 0. The molecule has 0 aliphatic rings. The van der Waals surface area contributed by atoms with E-state index in [2.05, 4.69) is 0 Å². The maximum absolute atomic E-state index is 12.1. The third kappa shape index (κ3) is 5.18. The highest BCUT2D eigenvalue weighted by Gasteiger charge is 2.13. The summed E-state index contributed by atoms with van der Waals surface area (Å²) in [6.07, 6.45) is 0. The van der Waals surface area contributed by atoms with Gasteiger partial charge in [-0.3, -0.25) is 0 Å². The van der Waals surface area contributed by atoms with E-state index < -0.39 is 17.9 Å². The standard InChI is InChI=1S/C30H24O6/c1-34-28(31)22-10-4-7-19(13-22)25-16-26(20-8-5-11-23(14-20)29(32)35-2)18-27(17-25)21-9-6-12-24(15-21)30(33)36-3/h4-18H,1-3H3. The normalized spacial score (nSPS) is 10.4. The molecule has 180 valence electrons. The summed E-state index contributed by atoms with van der Waals surface area (Å²) in [6.45, 7) is 0. The van der Waals surface area contributed by atoms with E-state index in [1.165, 1.54) is 21.3 Å². The first-order valence-electron chi connectivity index (χ1n) is 11.1. The third-order valence-electron chi connectivity index (χ3n) is 5.78. The Labute approximate surface area is 209 Å². The molecule has 0 unspecified atom stereocenters. The minimum Gasteiger partial charge on any atom is -0.465 e. The summed E-state index contributed by atoms with van der Waals surface area (Å²) in [5.41, 5.74) is 6.28. The largest absolute Gasteiger partial charge is 0.465 e. The Morgan fingerprint density at radius 3 is 0.944 bits per heavy atom. The second-order valence-electron chi connectivity index (χ2n) is 8.02. The van der Waals surface area contributed by atoms with Crippen molar-refractivity contribution in [3.8, 4) is 33.4 Å². The molecule has 36 heavy (non-hydrogen) atoms. The van der Waals surface area contributed by atoms with Gasteiger partial charge in [0, 0.05) is 0 Å². The van der Waals surface area contributed by atoms with Crippen molar-refractivity contribution in [3.63, 3.8) is 0 Å². The SMILES string of the molecule is COC(=O)c1cccc(-c2cc(-c3cccc(C(=O)OC)c3)cc(-c3cccc(C(=O)OC)c3)c2)c1. The van der Waals surface area contributed by atoms with E-state index in [1.807, 2.05) is 36.4 Å². The number of methoxy groups -OCH3 is 3. The zero-order valence-electron chi connectivity index (χ0n) is 20.1. The Kier molecular flexibility index (Phi) is 7.25. The quantitative estimate of drug-likeness (QED) is 0.247. The molecule has 0 saturated carbocycles. The van der Waals surface area contributed by atoms with E-state index in [1.54, 1.807) is 54.6 Å². The van der Waals surface area contributed by atoms with Crippen molar-refractivity contribution in [2.75, 3.05) is 21.3 Å². The van der Waals surface area contributed by atoms with Gasteiger partial charge in [0.25, 0.3) is 0 Å². The molecule has 4 aromatic rings. The molecular formula is C30H24O6. The van der Waals surface area contributed by atoms with Gasteiger partial charge in [-0.25, -0.2) is 14.4 Å². The topological polar surface area (TPSA) is 78.9 Å². The van der Waals surface area contributed by atoms with Crippen LogP contribution in [0.3, 0.4) is 0 Å². The fourth-order valence-electron chi connectivity index (χ4n) is 3.96. The molecule has 0 aliphatic heterocycles. The molecule has 0 aromatic heterocycles. The maximum atomic E-state index is 12.1. The first-order valence-corrected chi connectivity index (χ1v) is 11.1. The fraction of sp³-hybridized carbons (Fsp3) is 0.100. The van der Waals surface area contributed by atoms with Crippen molar-refractivity contribution in [1.82, 2.24) is 0 Å². The van der Waals surface area contributed by atoms with E-state index in [4.69, 9.17) is 14.2 Å². The lowest BCUT2D eigenvalue weighted by Crippen LogP contribution is -2.01. The molecule has 0 fully saturated rings. The number of ether oxygens (including phenoxy) is 3. The summed E-state index contributed by atoms with van der Waals surface area (Å²) in [4.78, 5) is 36.4. The first-order chi connectivity index (χ1) is 17.4. The van der Waals surface area contributed by atoms with Gasteiger partial charge in [-0.2, -0.15) is 0 Å². The summed E-state index contributed by atoms with van der Waals surface area (Å²) in [7, 11) is 4.03. The van der Waals surface area contributed by atoms with Gasteiger partial charge in [0.05, 0.1) is 38.0 Å². The van der Waals surface area contributed by atoms with Gasteiger partial charge in [0.2, 0.25) is 0 Å². The lowest BCUT2D eigenvalue weighted by atomic mass is 9.92. The molecule has 0 spiro atoms. The number of rotatable bonds is 6. The monoisotopic (exact) mass is 480 g/mol. The van der Waals surface area contributed by atoms with Crippen LogP contribution in [0.4, 0.5) is 0 Å². The molecule has 0 amide bonds. The van der Waals surface area contributed by atoms with Crippen molar-refractivity contribution in [2.45, 2.75) is 0 Å². The molecule has 4 rings (SSSR count). The van der Waals surface area contributed by atoms with E-state index in [0.717, 1.165) is 33.4 Å². The highest BCUT2D eigenvalue weighted by atomic mass is 16.5. The zero-order chi connectivity index (χ0) is 25.7. The van der Waals surface area contributed by atoms with Crippen molar-refractivity contribution in [2.24, 2.45) is 0 Å². The van der Waals surface area contributed by atoms with Crippen LogP contribution in [0.2, 0.25) is 0 Å². The molecule has 4 aromatic carbocycles. The van der Waals surface area contributed by atoms with Crippen molar-refractivity contribution in [3.05, 3.63) is 108 Å². The molecule has 0 bridgehead atoms. The molecule has 0 radical (unpaired) electrons. The van der Waals surface area contributed by atoms with Gasteiger partial charge in [-0.05, 0) is 88.0 Å². The van der Waals surface area contributed by atoms with Gasteiger partial charge in [0.15, 0.2) is 0 Å². The van der Waals surface area contributed by atoms with Crippen LogP contribution in [0.1, 0.15) is 31.1 Å². The molecule has 6 heteroatoms. The molecular weight excluding hydrogens is 456 g/mol. The van der Waals surface area contributed by atoms with Crippen molar-refractivity contribution in [1.29, 1.82) is 0 Å². The Morgan fingerprint density at radius 1 is 0.417 bits per heavy atom. The van der Waals surface area contributed by atoms with Crippen LogP contribution in [0.5, 0.6) is 0 Å². The van der Waals surface area contributed by atoms with E-state index in [9.17, 15) is 14.4 Å². The minimum absolute atomic E-state index is 0.426. The zero-order valence-corrected chi connectivity index (χ0v) is 20.1. The Balaban J connectivity index is 1.91. The maximum Gasteiger partial charge on any atom is 0.337 e. The highest BCUT2D eigenvalue weighted by molar-refractivity contribution is 5.94. The number of esters is 3. The van der Waals surface area contributed by atoms with Gasteiger partial charge in [-0.15, -0.1) is 0 Å². The number of hydrogen-bond acceptors (Lipinski definition) is 6. The number of benzene rings is 4. The lowest BCUT2D eigenvalue weighted by molar-refractivity contribution is 0.0592. The molecule has 0 N–H and O–H groups in total. The third-order valence-corrected chi connectivity index (χ3v) is 5.78. The summed E-state index contributed by atoms with van der Waals surface area (Å²) >= 11 is 0. The van der Waals surface area contributed by atoms with Crippen LogP contribution in [-0.4, -0.2) is 39.2 Å². The fourth-order valence-corrected chi connectivity index (χ4v) is 3.96. The van der Waals surface area contributed by atoms with Gasteiger partial charge in [-0.1, -0.05) is 36.4 Å². The van der Waals surface area contributed by atoms with Crippen molar-refractivity contribution < 1.29 is 28.6 Å². The summed E-state index contributed by atoms with van der Waals surface area (Å²) < 4.78 is 14.6. The van der Waals surface area contributed by atoms with Gasteiger partial charge < -0.3 is 14.2 Å². The Bertz CT molecular complexity index is 1270. The average molecular weight is 481 g/mol. The predicted octanol–water partition coefficient (Wildman–Crippen LogP) is 6.05. The Morgan fingerprint density at radius 2 is 0.694 bits per heavy atom. The van der Waals surface area contributed by atoms with Gasteiger partial charge >= 0.3 is 17.9 Å². The predicted molar refractivity (Wildman–Crippen MR) is 137 cm³/mol. The molecule has 0 heterocycles. The highest BCUT2D eigenvalue weighted by Crippen LogP contribution is 2.34. The lowest BCUT2D eigenvalue weighted by Gasteiger charge is -2.13. The van der Waals surface area contributed by atoms with Crippen LogP contribution in [0.25, 0.3) is 33.4 Å². The van der Waals surface area contributed by atoms with Crippen LogP contribution in [0, 0.1) is 0 Å². The first kappa shape index (κ1) is 24.4. The minimum atomic E-state index is -0.426. The number of hydrogen-bond donors (Lipinski definition) is 0. The molecule has 0 saturated heterocycles. The average Bonchev–Trinajstić information content (AvgIpc) is 2.95. The summed E-state index contributed by atoms with van der Waals surface area (Å²) in [6, 6.07) is 27.5. The smallest absolute Gasteiger partial charge is 0.337 e. The second-order valence-corrected chi connectivity index (χ2v) is 8.02. The van der Waals surface area contributed by atoms with E-state index in [0.29, 0.717) is 16.7 Å². The van der Waals surface area contributed by atoms with Crippen LogP contribution < -0.4 is 0 Å². The van der Waals surface area contributed by atoms with E-state index in [-0.39, 0.29) is 0 Å². The number of carbonyl (C=O) groups excluding carboxylic acids is 3. The second kappa shape index (κ2) is 10.7.